The third-order valence-electron chi connectivity index (χ3n) is 3.29. The Labute approximate surface area is 108 Å². The van der Waals surface area contributed by atoms with Gasteiger partial charge in [-0.05, 0) is 55.2 Å². The maximum absolute atomic E-state index is 13.4. The van der Waals surface area contributed by atoms with Crippen molar-refractivity contribution in [2.75, 3.05) is 5.32 Å². The van der Waals surface area contributed by atoms with E-state index in [2.05, 4.69) is 37.4 Å². The van der Waals surface area contributed by atoms with E-state index in [4.69, 9.17) is 0 Å². The third kappa shape index (κ3) is 2.70. The van der Waals surface area contributed by atoms with Crippen LogP contribution in [0.1, 0.15) is 22.3 Å². The van der Waals surface area contributed by atoms with Crippen LogP contribution < -0.4 is 5.32 Å². The molecule has 0 aromatic heterocycles. The first kappa shape index (κ1) is 12.6. The Kier molecular flexibility index (Phi) is 3.66. The molecule has 0 aliphatic carbocycles. The smallest absolute Gasteiger partial charge is 0.128 e. The monoisotopic (exact) mass is 243 g/mol. The van der Waals surface area contributed by atoms with Crippen LogP contribution in [0.4, 0.5) is 10.1 Å². The molecule has 0 saturated heterocycles. The van der Waals surface area contributed by atoms with Gasteiger partial charge in [0.15, 0.2) is 0 Å². The number of aryl methyl sites for hydroxylation is 3. The maximum Gasteiger partial charge on any atom is 0.128 e. The van der Waals surface area contributed by atoms with Crippen molar-refractivity contribution in [1.82, 2.24) is 0 Å². The molecule has 0 fully saturated rings. The summed E-state index contributed by atoms with van der Waals surface area (Å²) < 4.78 is 13.4. The van der Waals surface area contributed by atoms with E-state index in [1.54, 1.807) is 19.1 Å². The number of rotatable bonds is 3. The van der Waals surface area contributed by atoms with Gasteiger partial charge in [0.2, 0.25) is 0 Å². The molecule has 2 aromatic carbocycles. The minimum absolute atomic E-state index is 0.165. The molecule has 1 nitrogen and oxygen atoms in total. The molecule has 1 N–H and O–H groups in total. The van der Waals surface area contributed by atoms with Gasteiger partial charge in [0.25, 0.3) is 0 Å². The van der Waals surface area contributed by atoms with Crippen LogP contribution in [0.2, 0.25) is 0 Å². The second-order valence-corrected chi connectivity index (χ2v) is 4.69. The van der Waals surface area contributed by atoms with Gasteiger partial charge in [-0.1, -0.05) is 24.3 Å². The molecule has 2 aromatic rings. The summed E-state index contributed by atoms with van der Waals surface area (Å²) in [6, 6.07) is 11.5. The molecule has 0 atom stereocenters. The molecule has 0 spiro atoms. The summed E-state index contributed by atoms with van der Waals surface area (Å²) in [5, 5.41) is 3.27. The summed E-state index contributed by atoms with van der Waals surface area (Å²) in [4.78, 5) is 0. The zero-order valence-corrected chi connectivity index (χ0v) is 11.0. The fourth-order valence-corrected chi connectivity index (χ4v) is 2.02. The van der Waals surface area contributed by atoms with Gasteiger partial charge in [-0.25, -0.2) is 4.39 Å². The van der Waals surface area contributed by atoms with Crippen LogP contribution >= 0.6 is 0 Å². The highest BCUT2D eigenvalue weighted by molar-refractivity contribution is 5.47. The van der Waals surface area contributed by atoms with E-state index in [0.29, 0.717) is 5.56 Å². The quantitative estimate of drug-likeness (QED) is 0.844. The normalized spacial score (nSPS) is 10.4. The number of benzene rings is 2. The van der Waals surface area contributed by atoms with Crippen molar-refractivity contribution in [1.29, 1.82) is 0 Å². The van der Waals surface area contributed by atoms with E-state index in [1.807, 2.05) is 6.07 Å². The zero-order chi connectivity index (χ0) is 13.1. The van der Waals surface area contributed by atoms with Gasteiger partial charge in [0.1, 0.15) is 5.82 Å². The van der Waals surface area contributed by atoms with E-state index < -0.39 is 0 Å². The summed E-state index contributed by atoms with van der Waals surface area (Å²) in [7, 11) is 0. The second kappa shape index (κ2) is 5.21. The largest absolute Gasteiger partial charge is 0.381 e. The van der Waals surface area contributed by atoms with Gasteiger partial charge in [-0.15, -0.1) is 0 Å². The highest BCUT2D eigenvalue weighted by Crippen LogP contribution is 2.17. The van der Waals surface area contributed by atoms with E-state index >= 15 is 0 Å². The summed E-state index contributed by atoms with van der Waals surface area (Å²) >= 11 is 0. The number of halogens is 1. The molecule has 94 valence electrons. The Balaban J connectivity index is 2.14. The second-order valence-electron chi connectivity index (χ2n) is 4.69. The highest BCUT2D eigenvalue weighted by atomic mass is 19.1. The van der Waals surface area contributed by atoms with Crippen molar-refractivity contribution >= 4 is 5.69 Å². The van der Waals surface area contributed by atoms with Gasteiger partial charge in [0.05, 0.1) is 0 Å². The molecule has 0 heterocycles. The molecule has 0 radical (unpaired) electrons. The number of nitrogens with one attached hydrogen (secondary N) is 1. The van der Waals surface area contributed by atoms with Crippen molar-refractivity contribution in [3.8, 4) is 0 Å². The van der Waals surface area contributed by atoms with Crippen molar-refractivity contribution in [3.63, 3.8) is 0 Å². The molecule has 18 heavy (non-hydrogen) atoms. The van der Waals surface area contributed by atoms with E-state index in [9.17, 15) is 4.39 Å². The van der Waals surface area contributed by atoms with Crippen LogP contribution in [-0.4, -0.2) is 0 Å². The average molecular weight is 243 g/mol. The first-order valence-corrected chi connectivity index (χ1v) is 6.13. The SMILES string of the molecule is Cc1ccc(NCc2c(C)cccc2C)cc1F. The van der Waals surface area contributed by atoms with E-state index in [1.165, 1.54) is 16.7 Å². The van der Waals surface area contributed by atoms with Crippen LogP contribution in [0.15, 0.2) is 36.4 Å². The Morgan fingerprint density at radius 2 is 1.61 bits per heavy atom. The van der Waals surface area contributed by atoms with Crippen LogP contribution in [0.25, 0.3) is 0 Å². The lowest BCUT2D eigenvalue weighted by Gasteiger charge is -2.12. The van der Waals surface area contributed by atoms with Gasteiger partial charge in [-0.3, -0.25) is 0 Å². The van der Waals surface area contributed by atoms with Crippen molar-refractivity contribution < 1.29 is 4.39 Å². The third-order valence-corrected chi connectivity index (χ3v) is 3.29. The maximum atomic E-state index is 13.4. The van der Waals surface area contributed by atoms with Gasteiger partial charge in [0, 0.05) is 12.2 Å². The lowest BCUT2D eigenvalue weighted by molar-refractivity contribution is 0.619. The van der Waals surface area contributed by atoms with E-state index in [0.717, 1.165) is 12.2 Å². The Morgan fingerprint density at radius 3 is 2.22 bits per heavy atom. The van der Waals surface area contributed by atoms with Crippen LogP contribution in [0.5, 0.6) is 0 Å². The number of anilines is 1. The Hall–Kier alpha value is -1.83. The fourth-order valence-electron chi connectivity index (χ4n) is 2.02. The van der Waals surface area contributed by atoms with Crippen molar-refractivity contribution in [2.45, 2.75) is 27.3 Å². The number of hydrogen-bond donors (Lipinski definition) is 1. The highest BCUT2D eigenvalue weighted by Gasteiger charge is 2.03. The minimum atomic E-state index is -0.165. The predicted octanol–water partition coefficient (Wildman–Crippen LogP) is 4.36. The summed E-state index contributed by atoms with van der Waals surface area (Å²) in [5.74, 6) is -0.165. The van der Waals surface area contributed by atoms with E-state index in [-0.39, 0.29) is 5.82 Å². The predicted molar refractivity (Wildman–Crippen MR) is 74.4 cm³/mol. The molecule has 2 heteroatoms. The molecule has 0 saturated carbocycles. The van der Waals surface area contributed by atoms with Crippen molar-refractivity contribution in [2.24, 2.45) is 0 Å². The summed E-state index contributed by atoms with van der Waals surface area (Å²) in [6.07, 6.45) is 0. The Morgan fingerprint density at radius 1 is 0.944 bits per heavy atom. The summed E-state index contributed by atoms with van der Waals surface area (Å²) in [6.45, 7) is 6.69. The van der Waals surface area contributed by atoms with Gasteiger partial charge in [-0.2, -0.15) is 0 Å². The zero-order valence-electron chi connectivity index (χ0n) is 11.0. The molecule has 0 aliphatic rings. The molecule has 0 amide bonds. The fraction of sp³-hybridized carbons (Fsp3) is 0.250. The first-order valence-electron chi connectivity index (χ1n) is 6.13. The minimum Gasteiger partial charge on any atom is -0.381 e. The van der Waals surface area contributed by atoms with Crippen LogP contribution in [-0.2, 0) is 6.54 Å². The molecule has 0 bridgehead atoms. The topological polar surface area (TPSA) is 12.0 Å². The lowest BCUT2D eigenvalue weighted by Crippen LogP contribution is -2.03. The molecule has 0 aliphatic heterocycles. The molecular weight excluding hydrogens is 225 g/mol. The van der Waals surface area contributed by atoms with Crippen LogP contribution in [0.3, 0.4) is 0 Å². The van der Waals surface area contributed by atoms with Gasteiger partial charge < -0.3 is 5.32 Å². The molecule has 0 unspecified atom stereocenters. The standard InChI is InChI=1S/C16H18FN/c1-11-5-4-6-12(2)15(11)10-18-14-8-7-13(3)16(17)9-14/h4-9,18H,10H2,1-3H3. The van der Waals surface area contributed by atoms with Crippen LogP contribution in [0, 0.1) is 26.6 Å². The molecular formula is C16H18FN. The average Bonchev–Trinajstić information content (AvgIpc) is 2.33. The Bertz CT molecular complexity index is 541. The summed E-state index contributed by atoms with van der Waals surface area (Å²) in [5.41, 5.74) is 5.29. The van der Waals surface area contributed by atoms with Crippen molar-refractivity contribution in [3.05, 3.63) is 64.5 Å². The van der Waals surface area contributed by atoms with Gasteiger partial charge >= 0.3 is 0 Å². The molecule has 2 rings (SSSR count). The first-order chi connectivity index (χ1) is 8.58. The number of hydrogen-bond acceptors (Lipinski definition) is 1. The lowest BCUT2D eigenvalue weighted by atomic mass is 10.0.